The predicted octanol–water partition coefficient (Wildman–Crippen LogP) is 1.89. The first-order chi connectivity index (χ1) is 13.0. The lowest BCUT2D eigenvalue weighted by atomic mass is 9.95. The lowest BCUT2D eigenvalue weighted by molar-refractivity contribution is 0.298. The Kier molecular flexibility index (Phi) is 4.47. The van der Waals surface area contributed by atoms with E-state index in [-0.39, 0.29) is 29.3 Å². The quantitative estimate of drug-likeness (QED) is 0.658. The Labute approximate surface area is 155 Å². The Morgan fingerprint density at radius 3 is 2.63 bits per heavy atom. The van der Waals surface area contributed by atoms with Gasteiger partial charge in [0.1, 0.15) is 11.3 Å². The molecule has 1 aromatic heterocycles. The van der Waals surface area contributed by atoms with Crippen LogP contribution in [-0.4, -0.2) is 25.5 Å². The molecule has 27 heavy (non-hydrogen) atoms. The number of benzene rings is 1. The van der Waals surface area contributed by atoms with E-state index in [0.717, 1.165) is 37.7 Å². The lowest BCUT2D eigenvalue weighted by Crippen LogP contribution is -2.36. The van der Waals surface area contributed by atoms with E-state index in [4.69, 9.17) is 0 Å². The van der Waals surface area contributed by atoms with Crippen LogP contribution in [0.15, 0.2) is 39.0 Å². The first kappa shape index (κ1) is 17.4. The van der Waals surface area contributed by atoms with Gasteiger partial charge in [-0.3, -0.25) is 14.3 Å². The van der Waals surface area contributed by atoms with Crippen molar-refractivity contribution in [2.45, 2.75) is 50.6 Å². The number of H-pyrrole nitrogens is 1. The molecule has 0 amide bonds. The monoisotopic (exact) mass is 370 g/mol. The van der Waals surface area contributed by atoms with Crippen LogP contribution in [-0.2, 0) is 0 Å². The maximum absolute atomic E-state index is 12.4. The van der Waals surface area contributed by atoms with Crippen molar-refractivity contribution in [3.8, 4) is 11.6 Å². The van der Waals surface area contributed by atoms with Crippen LogP contribution in [0.5, 0.6) is 11.6 Å². The molecule has 1 atom stereocenters. The molecule has 1 aliphatic heterocycles. The van der Waals surface area contributed by atoms with Gasteiger partial charge in [-0.25, -0.2) is 4.79 Å². The number of phenols is 1. The second-order valence-corrected chi connectivity index (χ2v) is 7.16. The maximum Gasteiger partial charge on any atom is 0.331 e. The van der Waals surface area contributed by atoms with E-state index in [2.05, 4.69) is 15.5 Å². The zero-order valence-electron chi connectivity index (χ0n) is 14.8. The highest BCUT2D eigenvalue weighted by Gasteiger charge is 2.29. The van der Waals surface area contributed by atoms with Crippen LogP contribution in [0.25, 0.3) is 0 Å². The molecule has 1 aliphatic carbocycles. The molecule has 0 radical (unpaired) electrons. The fourth-order valence-corrected chi connectivity index (χ4v) is 4.01. The standard InChI is InChI=1S/C19H22N4O4/c24-13-8-4-5-11(9-13)14-10-15(22-21-14)16-17(25)20-19(27)23(18(16)26)12-6-2-1-3-7-12/h4-5,8-9,12,14,21,24,26H,1-3,6-7,10H2,(H,20,25,27). The number of nitrogens with zero attached hydrogens (tertiary/aromatic N) is 2. The number of aromatic amines is 1. The molecule has 1 fully saturated rings. The van der Waals surface area contributed by atoms with Crippen molar-refractivity contribution in [3.63, 3.8) is 0 Å². The van der Waals surface area contributed by atoms with Gasteiger partial charge in [0.2, 0.25) is 5.88 Å². The fourth-order valence-electron chi connectivity index (χ4n) is 4.01. The Hall–Kier alpha value is -3.03. The number of phenolic OH excluding ortho intramolecular Hbond substituents is 1. The summed E-state index contributed by atoms with van der Waals surface area (Å²) < 4.78 is 1.31. The molecule has 2 aliphatic rings. The topological polar surface area (TPSA) is 120 Å². The van der Waals surface area contributed by atoms with E-state index in [1.165, 1.54) is 4.57 Å². The largest absolute Gasteiger partial charge is 0.508 e. The summed E-state index contributed by atoms with van der Waals surface area (Å²) >= 11 is 0. The number of hydrogen-bond donors (Lipinski definition) is 4. The number of rotatable bonds is 3. The van der Waals surface area contributed by atoms with Crippen molar-refractivity contribution in [3.05, 3.63) is 56.2 Å². The number of hydrazone groups is 1. The Bertz CT molecular complexity index is 1000. The maximum atomic E-state index is 12.4. The SMILES string of the molecule is O=c1[nH]c(=O)n(C2CCCCC2)c(O)c1C1=NNC(c2cccc(O)c2)C1. The molecule has 8 heteroatoms. The van der Waals surface area contributed by atoms with Crippen molar-refractivity contribution in [1.82, 2.24) is 15.0 Å². The fraction of sp³-hybridized carbons (Fsp3) is 0.421. The summed E-state index contributed by atoms with van der Waals surface area (Å²) in [6.07, 6.45) is 5.07. The number of aromatic nitrogens is 2. The van der Waals surface area contributed by atoms with Crippen LogP contribution in [0.4, 0.5) is 0 Å². The van der Waals surface area contributed by atoms with Crippen molar-refractivity contribution >= 4 is 5.71 Å². The van der Waals surface area contributed by atoms with Crippen molar-refractivity contribution in [2.24, 2.45) is 5.10 Å². The molecule has 1 saturated carbocycles. The molecule has 0 saturated heterocycles. The highest BCUT2D eigenvalue weighted by molar-refractivity contribution is 6.03. The van der Waals surface area contributed by atoms with Gasteiger partial charge >= 0.3 is 5.69 Å². The summed E-state index contributed by atoms with van der Waals surface area (Å²) in [6, 6.07) is 6.46. The minimum atomic E-state index is -0.637. The average Bonchev–Trinajstić information content (AvgIpc) is 3.12. The first-order valence-electron chi connectivity index (χ1n) is 9.24. The zero-order valence-corrected chi connectivity index (χ0v) is 14.8. The van der Waals surface area contributed by atoms with E-state index in [1.807, 2.05) is 6.07 Å². The van der Waals surface area contributed by atoms with Gasteiger partial charge in [0.25, 0.3) is 5.56 Å². The molecule has 4 rings (SSSR count). The minimum absolute atomic E-state index is 0.0373. The summed E-state index contributed by atoms with van der Waals surface area (Å²) in [5.74, 6) is -0.165. The van der Waals surface area contributed by atoms with E-state index < -0.39 is 11.2 Å². The number of aromatic hydroxyl groups is 2. The Morgan fingerprint density at radius 2 is 1.89 bits per heavy atom. The van der Waals surface area contributed by atoms with Gasteiger partial charge in [-0.2, -0.15) is 5.10 Å². The summed E-state index contributed by atoms with van der Waals surface area (Å²) in [4.78, 5) is 27.0. The molecular weight excluding hydrogens is 348 g/mol. The Balaban J connectivity index is 1.68. The van der Waals surface area contributed by atoms with Crippen molar-refractivity contribution < 1.29 is 10.2 Å². The predicted molar refractivity (Wildman–Crippen MR) is 100 cm³/mol. The van der Waals surface area contributed by atoms with Gasteiger partial charge in [-0.1, -0.05) is 31.4 Å². The van der Waals surface area contributed by atoms with Gasteiger partial charge < -0.3 is 15.6 Å². The normalized spacial score (nSPS) is 20.3. The molecule has 1 aromatic carbocycles. The molecule has 2 heterocycles. The molecule has 4 N–H and O–H groups in total. The van der Waals surface area contributed by atoms with Gasteiger partial charge in [-0.05, 0) is 30.5 Å². The third kappa shape index (κ3) is 3.22. The van der Waals surface area contributed by atoms with Gasteiger partial charge in [0, 0.05) is 12.5 Å². The van der Waals surface area contributed by atoms with Crippen molar-refractivity contribution in [1.29, 1.82) is 0 Å². The average molecular weight is 370 g/mol. The van der Waals surface area contributed by atoms with E-state index in [9.17, 15) is 19.8 Å². The molecular formula is C19H22N4O4. The third-order valence-electron chi connectivity index (χ3n) is 5.37. The molecule has 0 bridgehead atoms. The van der Waals surface area contributed by atoms with E-state index in [1.54, 1.807) is 18.2 Å². The third-order valence-corrected chi connectivity index (χ3v) is 5.37. The van der Waals surface area contributed by atoms with Crippen molar-refractivity contribution in [2.75, 3.05) is 0 Å². The second-order valence-electron chi connectivity index (χ2n) is 7.16. The van der Waals surface area contributed by atoms with Gasteiger partial charge in [-0.15, -0.1) is 0 Å². The molecule has 1 unspecified atom stereocenters. The molecule has 2 aromatic rings. The summed E-state index contributed by atoms with van der Waals surface area (Å²) in [7, 11) is 0. The molecule has 0 spiro atoms. The summed E-state index contributed by atoms with van der Waals surface area (Å²) in [5, 5.41) is 24.6. The van der Waals surface area contributed by atoms with Gasteiger partial charge in [0.15, 0.2) is 0 Å². The van der Waals surface area contributed by atoms with Crippen LogP contribution < -0.4 is 16.7 Å². The van der Waals surface area contributed by atoms with Crippen LogP contribution in [0.2, 0.25) is 0 Å². The first-order valence-corrected chi connectivity index (χ1v) is 9.24. The number of hydrogen-bond acceptors (Lipinski definition) is 6. The molecule has 142 valence electrons. The summed E-state index contributed by atoms with van der Waals surface area (Å²) in [6.45, 7) is 0. The van der Waals surface area contributed by atoms with E-state index >= 15 is 0 Å². The Morgan fingerprint density at radius 1 is 1.11 bits per heavy atom. The number of nitrogens with one attached hydrogen (secondary N) is 2. The highest BCUT2D eigenvalue weighted by atomic mass is 16.3. The summed E-state index contributed by atoms with van der Waals surface area (Å²) in [5.41, 5.74) is 2.98. The highest BCUT2D eigenvalue weighted by Crippen LogP contribution is 2.32. The lowest BCUT2D eigenvalue weighted by Gasteiger charge is -2.25. The smallest absolute Gasteiger partial charge is 0.331 e. The zero-order chi connectivity index (χ0) is 19.0. The van der Waals surface area contributed by atoms with Crippen LogP contribution in [0, 0.1) is 0 Å². The molecule has 8 nitrogen and oxygen atoms in total. The second kappa shape index (κ2) is 6.94. The van der Waals surface area contributed by atoms with Crippen LogP contribution in [0.3, 0.4) is 0 Å². The van der Waals surface area contributed by atoms with Crippen LogP contribution >= 0.6 is 0 Å². The minimum Gasteiger partial charge on any atom is -0.508 e. The van der Waals surface area contributed by atoms with Gasteiger partial charge in [0.05, 0.1) is 11.8 Å². The van der Waals surface area contributed by atoms with E-state index in [0.29, 0.717) is 12.1 Å². The van der Waals surface area contributed by atoms with Crippen LogP contribution in [0.1, 0.15) is 61.7 Å².